The standard InChI is InChI=1S/C17H17ClN6O/c1-2-23-16(19-10-21-23)12-7-15(25)22-17-13(12)8-20-24(17)9-11-5-3-4-6-14(11)18/h3-6,8,10,12H,2,7,9H2,1H3,(H,22,25)/t12-/m0/s1. The number of nitrogens with one attached hydrogen (secondary N) is 1. The van der Waals surface area contributed by atoms with E-state index in [1.165, 1.54) is 6.33 Å². The molecule has 1 atom stereocenters. The summed E-state index contributed by atoms with van der Waals surface area (Å²) in [4.78, 5) is 16.6. The highest BCUT2D eigenvalue weighted by molar-refractivity contribution is 6.31. The Hall–Kier alpha value is -2.67. The lowest BCUT2D eigenvalue weighted by Gasteiger charge is -2.23. The Morgan fingerprint density at radius 3 is 2.92 bits per heavy atom. The van der Waals surface area contributed by atoms with Gasteiger partial charge in [-0.15, -0.1) is 0 Å². The van der Waals surface area contributed by atoms with Crippen LogP contribution in [0.1, 0.15) is 36.2 Å². The molecule has 0 fully saturated rings. The zero-order valence-corrected chi connectivity index (χ0v) is 14.4. The molecule has 1 N–H and O–H groups in total. The van der Waals surface area contributed by atoms with Gasteiger partial charge < -0.3 is 5.32 Å². The van der Waals surface area contributed by atoms with Crippen molar-refractivity contribution in [2.24, 2.45) is 0 Å². The lowest BCUT2D eigenvalue weighted by atomic mass is 9.93. The van der Waals surface area contributed by atoms with Crippen LogP contribution >= 0.6 is 11.6 Å². The van der Waals surface area contributed by atoms with Gasteiger partial charge in [-0.25, -0.2) is 14.3 Å². The number of amides is 1. The van der Waals surface area contributed by atoms with Gasteiger partial charge in [0.25, 0.3) is 0 Å². The van der Waals surface area contributed by atoms with Gasteiger partial charge >= 0.3 is 0 Å². The van der Waals surface area contributed by atoms with Crippen molar-refractivity contribution < 1.29 is 4.79 Å². The molecular weight excluding hydrogens is 340 g/mol. The van der Waals surface area contributed by atoms with Gasteiger partial charge in [-0.2, -0.15) is 10.2 Å². The second-order valence-corrected chi connectivity index (χ2v) is 6.34. The Bertz CT molecular complexity index is 931. The Labute approximate surface area is 149 Å². The number of aryl methyl sites for hydroxylation is 1. The fourth-order valence-electron chi connectivity index (χ4n) is 3.19. The summed E-state index contributed by atoms with van der Waals surface area (Å²) in [5.74, 6) is 1.29. The number of hydrogen-bond acceptors (Lipinski definition) is 4. The van der Waals surface area contributed by atoms with Crippen molar-refractivity contribution in [3.05, 3.63) is 58.8 Å². The minimum atomic E-state index is -0.147. The molecule has 3 aromatic rings. The van der Waals surface area contributed by atoms with Crippen LogP contribution in [0.5, 0.6) is 0 Å². The molecule has 4 rings (SSSR count). The summed E-state index contributed by atoms with van der Waals surface area (Å²) in [5, 5.41) is 12.3. The van der Waals surface area contributed by atoms with E-state index in [0.29, 0.717) is 30.4 Å². The van der Waals surface area contributed by atoms with Gasteiger partial charge in [0.1, 0.15) is 18.0 Å². The smallest absolute Gasteiger partial charge is 0.226 e. The molecule has 0 unspecified atom stereocenters. The summed E-state index contributed by atoms with van der Waals surface area (Å²) in [5.41, 5.74) is 1.90. The highest BCUT2D eigenvalue weighted by Crippen LogP contribution is 2.36. The minimum Gasteiger partial charge on any atom is -0.311 e. The highest BCUT2D eigenvalue weighted by Gasteiger charge is 2.32. The summed E-state index contributed by atoms with van der Waals surface area (Å²) in [6.45, 7) is 3.20. The molecule has 0 saturated carbocycles. The molecule has 2 aromatic heterocycles. The van der Waals surface area contributed by atoms with Crippen LogP contribution in [0.2, 0.25) is 5.02 Å². The zero-order valence-electron chi connectivity index (χ0n) is 13.7. The van der Waals surface area contributed by atoms with Crippen molar-refractivity contribution in [3.63, 3.8) is 0 Å². The Balaban J connectivity index is 1.73. The van der Waals surface area contributed by atoms with E-state index < -0.39 is 0 Å². The van der Waals surface area contributed by atoms with Crippen molar-refractivity contribution in [1.82, 2.24) is 24.5 Å². The monoisotopic (exact) mass is 356 g/mol. The van der Waals surface area contributed by atoms with E-state index in [-0.39, 0.29) is 11.8 Å². The summed E-state index contributed by atoms with van der Waals surface area (Å²) < 4.78 is 3.59. The average Bonchev–Trinajstić information content (AvgIpc) is 3.23. The number of rotatable bonds is 4. The first-order valence-electron chi connectivity index (χ1n) is 8.14. The van der Waals surface area contributed by atoms with Crippen LogP contribution in [0.3, 0.4) is 0 Å². The topological polar surface area (TPSA) is 77.6 Å². The summed E-state index contributed by atoms with van der Waals surface area (Å²) in [6, 6.07) is 7.62. The molecule has 0 aliphatic carbocycles. The predicted molar refractivity (Wildman–Crippen MR) is 93.6 cm³/mol. The van der Waals surface area contributed by atoms with E-state index in [1.807, 2.05) is 35.9 Å². The van der Waals surface area contributed by atoms with E-state index in [0.717, 1.165) is 17.0 Å². The molecule has 8 heteroatoms. The van der Waals surface area contributed by atoms with E-state index in [4.69, 9.17) is 11.6 Å². The van der Waals surface area contributed by atoms with E-state index in [9.17, 15) is 4.79 Å². The number of benzene rings is 1. The Morgan fingerprint density at radius 2 is 2.12 bits per heavy atom. The van der Waals surface area contributed by atoms with Crippen molar-refractivity contribution in [2.45, 2.75) is 32.4 Å². The molecule has 0 saturated heterocycles. The second-order valence-electron chi connectivity index (χ2n) is 5.94. The maximum absolute atomic E-state index is 12.3. The molecule has 7 nitrogen and oxygen atoms in total. The normalized spacial score (nSPS) is 16.6. The molecule has 1 amide bonds. The van der Waals surface area contributed by atoms with Gasteiger partial charge in [0.2, 0.25) is 5.91 Å². The van der Waals surface area contributed by atoms with Crippen molar-refractivity contribution in [3.8, 4) is 0 Å². The molecule has 128 valence electrons. The van der Waals surface area contributed by atoms with Crippen LogP contribution in [0.25, 0.3) is 0 Å². The number of carbonyl (C=O) groups is 1. The SMILES string of the molecule is CCn1ncnc1[C@H]1CC(=O)Nc2c1cnn2Cc1ccccc1Cl. The van der Waals surface area contributed by atoms with Gasteiger partial charge in [-0.05, 0) is 18.6 Å². The van der Waals surface area contributed by atoms with E-state index in [1.54, 1.807) is 10.9 Å². The molecule has 0 bridgehead atoms. The van der Waals surface area contributed by atoms with Crippen LogP contribution in [-0.4, -0.2) is 30.5 Å². The number of aromatic nitrogens is 5. The third-order valence-corrected chi connectivity index (χ3v) is 4.79. The quantitative estimate of drug-likeness (QED) is 0.779. The molecule has 1 aliphatic heterocycles. The lowest BCUT2D eigenvalue weighted by Crippen LogP contribution is -2.26. The Morgan fingerprint density at radius 1 is 1.28 bits per heavy atom. The lowest BCUT2D eigenvalue weighted by molar-refractivity contribution is -0.116. The number of carbonyl (C=O) groups excluding carboxylic acids is 1. The predicted octanol–water partition coefficient (Wildman–Crippen LogP) is 2.67. The van der Waals surface area contributed by atoms with Crippen molar-refractivity contribution in [2.75, 3.05) is 5.32 Å². The van der Waals surface area contributed by atoms with Crippen molar-refractivity contribution in [1.29, 1.82) is 0 Å². The van der Waals surface area contributed by atoms with Gasteiger partial charge in [0, 0.05) is 23.6 Å². The first-order valence-corrected chi connectivity index (χ1v) is 8.51. The molecular formula is C17H17ClN6O. The van der Waals surface area contributed by atoms with Crippen LogP contribution in [0.4, 0.5) is 5.82 Å². The molecule has 0 spiro atoms. The van der Waals surface area contributed by atoms with Crippen LogP contribution in [0.15, 0.2) is 36.8 Å². The number of halogens is 1. The van der Waals surface area contributed by atoms with Crippen molar-refractivity contribution >= 4 is 23.3 Å². The molecule has 3 heterocycles. The van der Waals surface area contributed by atoms with Crippen LogP contribution in [-0.2, 0) is 17.9 Å². The number of nitrogens with zero attached hydrogens (tertiary/aromatic N) is 5. The van der Waals surface area contributed by atoms with E-state index >= 15 is 0 Å². The van der Waals surface area contributed by atoms with Gasteiger partial charge in [0.15, 0.2) is 0 Å². The fourth-order valence-corrected chi connectivity index (χ4v) is 3.39. The summed E-state index contributed by atoms with van der Waals surface area (Å²) >= 11 is 6.25. The first-order chi connectivity index (χ1) is 12.2. The van der Waals surface area contributed by atoms with Gasteiger partial charge in [-0.1, -0.05) is 29.8 Å². The average molecular weight is 357 g/mol. The largest absolute Gasteiger partial charge is 0.311 e. The molecule has 25 heavy (non-hydrogen) atoms. The highest BCUT2D eigenvalue weighted by atomic mass is 35.5. The minimum absolute atomic E-state index is 0.0518. The third-order valence-electron chi connectivity index (χ3n) is 4.43. The zero-order chi connectivity index (χ0) is 17.4. The number of hydrogen-bond donors (Lipinski definition) is 1. The van der Waals surface area contributed by atoms with Gasteiger partial charge in [0.05, 0.1) is 18.7 Å². The number of fused-ring (bicyclic) bond motifs is 1. The maximum Gasteiger partial charge on any atom is 0.226 e. The van der Waals surface area contributed by atoms with E-state index in [2.05, 4.69) is 20.5 Å². The van der Waals surface area contributed by atoms with Gasteiger partial charge in [-0.3, -0.25) is 4.79 Å². The first kappa shape index (κ1) is 15.8. The molecule has 0 radical (unpaired) electrons. The van der Waals surface area contributed by atoms with Crippen LogP contribution < -0.4 is 5.32 Å². The molecule has 1 aliphatic rings. The summed E-state index contributed by atoms with van der Waals surface area (Å²) in [6.07, 6.45) is 3.66. The second kappa shape index (κ2) is 6.33. The molecule has 1 aromatic carbocycles. The fraction of sp³-hybridized carbons (Fsp3) is 0.294. The third kappa shape index (κ3) is 2.80. The Kier molecular flexibility index (Phi) is 4.01. The summed E-state index contributed by atoms with van der Waals surface area (Å²) in [7, 11) is 0. The number of anilines is 1. The maximum atomic E-state index is 12.3. The van der Waals surface area contributed by atoms with Crippen LogP contribution in [0, 0.1) is 0 Å².